The van der Waals surface area contributed by atoms with Crippen LogP contribution in [-0.2, 0) is 6.42 Å². The van der Waals surface area contributed by atoms with Crippen molar-refractivity contribution in [2.45, 2.75) is 41.7 Å². The van der Waals surface area contributed by atoms with E-state index >= 15 is 0 Å². The van der Waals surface area contributed by atoms with E-state index in [2.05, 4.69) is 21.9 Å². The number of piperazine rings is 1. The first-order chi connectivity index (χ1) is 13.5. The van der Waals surface area contributed by atoms with Crippen molar-refractivity contribution in [2.24, 2.45) is 0 Å². The third-order valence-corrected chi connectivity index (χ3v) is 7.03. The van der Waals surface area contributed by atoms with Gasteiger partial charge in [-0.05, 0) is 54.3 Å². The number of nitrogens with two attached hydrogens (primary N) is 1. The molecule has 4 rings (SSSR count). The zero-order valence-corrected chi connectivity index (χ0v) is 17.1. The summed E-state index contributed by atoms with van der Waals surface area (Å²) in [7, 11) is 0. The Labute approximate surface area is 170 Å². The molecule has 0 radical (unpaired) electrons. The molecule has 2 aliphatic rings. The predicted octanol–water partition coefficient (Wildman–Crippen LogP) is 3.54. The number of β-amino-alcohol motifs (C(OH)–C–C–N with tert-alkyl or cyclic N) is 1. The summed E-state index contributed by atoms with van der Waals surface area (Å²) in [4.78, 5) is 7.02. The number of aliphatic hydroxyl groups excluding tert-OH is 1. The fraction of sp³-hybridized carbons (Fsp3) is 0.455. The Morgan fingerprint density at radius 3 is 2.68 bits per heavy atom. The normalized spacial score (nSPS) is 21.6. The molecule has 2 atom stereocenters. The number of halogens is 1. The number of anilines is 1. The van der Waals surface area contributed by atoms with E-state index in [1.165, 1.54) is 11.1 Å². The molecule has 2 aromatic rings. The van der Waals surface area contributed by atoms with E-state index in [0.29, 0.717) is 0 Å². The van der Waals surface area contributed by atoms with Crippen LogP contribution in [0, 0.1) is 5.82 Å². The van der Waals surface area contributed by atoms with Crippen LogP contribution in [0.15, 0.2) is 46.2 Å². The van der Waals surface area contributed by atoms with Crippen molar-refractivity contribution in [1.29, 1.82) is 0 Å². The van der Waals surface area contributed by atoms with Crippen molar-refractivity contribution in [3.8, 4) is 0 Å². The molecule has 4 nitrogen and oxygen atoms in total. The minimum Gasteiger partial charge on any atom is -0.399 e. The van der Waals surface area contributed by atoms with E-state index in [1.807, 2.05) is 19.1 Å². The second-order valence-electron chi connectivity index (χ2n) is 7.77. The molecular weight excluding hydrogens is 373 g/mol. The van der Waals surface area contributed by atoms with Crippen LogP contribution in [0.25, 0.3) is 0 Å². The van der Waals surface area contributed by atoms with Gasteiger partial charge >= 0.3 is 0 Å². The minimum atomic E-state index is -0.247. The highest BCUT2D eigenvalue weighted by atomic mass is 32.2. The first kappa shape index (κ1) is 19.7. The van der Waals surface area contributed by atoms with Crippen molar-refractivity contribution in [2.75, 3.05) is 38.5 Å². The Kier molecular flexibility index (Phi) is 5.92. The molecule has 1 fully saturated rings. The summed E-state index contributed by atoms with van der Waals surface area (Å²) < 4.78 is 13.8. The molecule has 28 heavy (non-hydrogen) atoms. The summed E-state index contributed by atoms with van der Waals surface area (Å²) >= 11 is 1.64. The maximum absolute atomic E-state index is 13.8. The molecule has 0 aromatic heterocycles. The lowest BCUT2D eigenvalue weighted by Crippen LogP contribution is -2.49. The molecule has 0 aliphatic carbocycles. The van der Waals surface area contributed by atoms with E-state index in [0.717, 1.165) is 61.0 Å². The van der Waals surface area contributed by atoms with Gasteiger partial charge in [-0.15, -0.1) is 0 Å². The van der Waals surface area contributed by atoms with E-state index in [9.17, 15) is 9.50 Å². The summed E-state index contributed by atoms with van der Waals surface area (Å²) in [6, 6.07) is 11.4. The van der Waals surface area contributed by atoms with E-state index in [4.69, 9.17) is 5.73 Å². The second-order valence-corrected chi connectivity index (χ2v) is 8.85. The maximum Gasteiger partial charge on any atom is 0.124 e. The number of nitrogens with zero attached hydrogens (tertiary/aromatic N) is 2. The van der Waals surface area contributed by atoms with Crippen molar-refractivity contribution in [1.82, 2.24) is 9.80 Å². The lowest BCUT2D eigenvalue weighted by Gasteiger charge is -2.40. The number of nitrogen functional groups attached to an aromatic ring is 1. The third kappa shape index (κ3) is 4.20. The summed E-state index contributed by atoms with van der Waals surface area (Å²) in [5, 5.41) is 9.95. The molecule has 3 N–H and O–H groups in total. The van der Waals surface area contributed by atoms with Gasteiger partial charge in [-0.2, -0.15) is 0 Å². The molecule has 150 valence electrons. The van der Waals surface area contributed by atoms with Gasteiger partial charge in [-0.1, -0.05) is 24.8 Å². The second kappa shape index (κ2) is 8.41. The Bertz CT molecular complexity index is 839. The summed E-state index contributed by atoms with van der Waals surface area (Å²) in [5.74, 6) is -0.190. The van der Waals surface area contributed by atoms with E-state index < -0.39 is 0 Å². The Morgan fingerprint density at radius 2 is 1.93 bits per heavy atom. The van der Waals surface area contributed by atoms with Gasteiger partial charge in [0.1, 0.15) is 5.82 Å². The Balaban J connectivity index is 1.59. The lowest BCUT2D eigenvalue weighted by molar-refractivity contribution is 0.0541. The molecule has 2 aliphatic heterocycles. The standard InChI is InChI=1S/C22H28FN3OS/c1-2-18(27)14-25-7-9-26(10-8-25)20-11-15-3-4-16(23)12-22(15)28-21-6-5-17(24)13-19(20)21/h3-6,12-13,18,20,27H,2,7-11,14,24H2,1H3. The van der Waals surface area contributed by atoms with E-state index in [-0.39, 0.29) is 18.0 Å². The molecule has 1 saturated heterocycles. The Hall–Kier alpha value is -1.60. The monoisotopic (exact) mass is 401 g/mol. The minimum absolute atomic E-state index is 0.190. The van der Waals surface area contributed by atoms with Crippen LogP contribution in [0.5, 0.6) is 0 Å². The molecule has 0 saturated carbocycles. The van der Waals surface area contributed by atoms with Gasteiger partial charge in [0.05, 0.1) is 6.10 Å². The van der Waals surface area contributed by atoms with Crippen LogP contribution >= 0.6 is 11.8 Å². The van der Waals surface area contributed by atoms with Gasteiger partial charge in [0.15, 0.2) is 0 Å². The third-order valence-electron chi connectivity index (χ3n) is 5.84. The van der Waals surface area contributed by atoms with Crippen molar-refractivity contribution in [3.05, 3.63) is 53.3 Å². The number of hydrogen-bond donors (Lipinski definition) is 2. The average Bonchev–Trinajstić information content (AvgIpc) is 2.84. The number of benzene rings is 2. The summed E-state index contributed by atoms with van der Waals surface area (Å²) in [6.07, 6.45) is 1.40. The lowest BCUT2D eigenvalue weighted by atomic mass is 9.96. The smallest absolute Gasteiger partial charge is 0.124 e. The van der Waals surface area contributed by atoms with Gasteiger partial charge in [0.2, 0.25) is 0 Å². The molecule has 2 unspecified atom stereocenters. The Morgan fingerprint density at radius 1 is 1.14 bits per heavy atom. The van der Waals surface area contributed by atoms with Gasteiger partial charge in [-0.3, -0.25) is 9.80 Å². The van der Waals surface area contributed by atoms with Gasteiger partial charge in [0, 0.05) is 54.2 Å². The van der Waals surface area contributed by atoms with E-state index in [1.54, 1.807) is 23.9 Å². The van der Waals surface area contributed by atoms with Crippen LogP contribution in [-0.4, -0.2) is 53.7 Å². The van der Waals surface area contributed by atoms with Crippen LogP contribution in [0.3, 0.4) is 0 Å². The summed E-state index contributed by atoms with van der Waals surface area (Å²) in [6.45, 7) is 6.58. The van der Waals surface area contributed by atoms with Gasteiger partial charge in [0.25, 0.3) is 0 Å². The number of fused-ring (bicyclic) bond motifs is 2. The summed E-state index contributed by atoms with van der Waals surface area (Å²) in [5.41, 5.74) is 9.32. The molecule has 6 heteroatoms. The molecule has 2 aromatic carbocycles. The fourth-order valence-corrected chi connectivity index (χ4v) is 5.30. The maximum atomic E-state index is 13.8. The number of hydrogen-bond acceptors (Lipinski definition) is 5. The zero-order valence-electron chi connectivity index (χ0n) is 16.3. The average molecular weight is 402 g/mol. The number of rotatable bonds is 4. The topological polar surface area (TPSA) is 52.7 Å². The fourth-order valence-electron chi connectivity index (χ4n) is 4.16. The van der Waals surface area contributed by atoms with Crippen molar-refractivity contribution < 1.29 is 9.50 Å². The largest absolute Gasteiger partial charge is 0.399 e. The zero-order chi connectivity index (χ0) is 19.7. The van der Waals surface area contributed by atoms with Gasteiger partial charge in [-0.25, -0.2) is 4.39 Å². The van der Waals surface area contributed by atoms with Crippen molar-refractivity contribution >= 4 is 17.4 Å². The van der Waals surface area contributed by atoms with Crippen molar-refractivity contribution in [3.63, 3.8) is 0 Å². The molecule has 0 amide bonds. The van der Waals surface area contributed by atoms with Crippen LogP contribution in [0.4, 0.5) is 10.1 Å². The highest BCUT2D eigenvalue weighted by molar-refractivity contribution is 7.99. The molecule has 0 bridgehead atoms. The van der Waals surface area contributed by atoms with Crippen LogP contribution in [0.1, 0.15) is 30.5 Å². The van der Waals surface area contributed by atoms with Crippen LogP contribution < -0.4 is 5.73 Å². The molecule has 2 heterocycles. The molecular formula is C22H28FN3OS. The first-order valence-corrected chi connectivity index (χ1v) is 10.9. The molecule has 0 spiro atoms. The highest BCUT2D eigenvalue weighted by Crippen LogP contribution is 2.43. The number of aliphatic hydroxyl groups is 1. The highest BCUT2D eigenvalue weighted by Gasteiger charge is 2.30. The predicted molar refractivity (Wildman–Crippen MR) is 112 cm³/mol. The first-order valence-electron chi connectivity index (χ1n) is 10.0. The SMILES string of the molecule is CCC(O)CN1CCN(C2Cc3ccc(F)cc3Sc3ccc(N)cc32)CC1. The van der Waals surface area contributed by atoms with Gasteiger partial charge < -0.3 is 10.8 Å². The quantitative estimate of drug-likeness (QED) is 0.768. The van der Waals surface area contributed by atoms with Crippen LogP contribution in [0.2, 0.25) is 0 Å².